The van der Waals surface area contributed by atoms with Gasteiger partial charge in [0.25, 0.3) is 5.91 Å². The Bertz CT molecular complexity index is 828. The van der Waals surface area contributed by atoms with E-state index < -0.39 is 0 Å². The lowest BCUT2D eigenvalue weighted by molar-refractivity contribution is -0.116. The van der Waals surface area contributed by atoms with Gasteiger partial charge in [-0.15, -0.1) is 0 Å². The summed E-state index contributed by atoms with van der Waals surface area (Å²) in [5.74, 6) is 0.436. The van der Waals surface area contributed by atoms with E-state index in [0.29, 0.717) is 37.4 Å². The zero-order valence-electron chi connectivity index (χ0n) is 13.1. The van der Waals surface area contributed by atoms with Crippen molar-refractivity contribution in [2.75, 3.05) is 18.4 Å². The van der Waals surface area contributed by atoms with Gasteiger partial charge in [-0.25, -0.2) is 0 Å². The van der Waals surface area contributed by atoms with E-state index >= 15 is 0 Å². The van der Waals surface area contributed by atoms with Crippen molar-refractivity contribution in [2.24, 2.45) is 0 Å². The van der Waals surface area contributed by atoms with Crippen LogP contribution in [0.4, 0.5) is 5.69 Å². The van der Waals surface area contributed by atoms with Gasteiger partial charge in [0.2, 0.25) is 5.91 Å². The molecule has 4 nitrogen and oxygen atoms in total. The summed E-state index contributed by atoms with van der Waals surface area (Å²) in [5.41, 5.74) is 3.73. The molecule has 2 aromatic rings. The molecule has 2 aliphatic rings. The number of halogens is 1. The Morgan fingerprint density at radius 1 is 1.12 bits per heavy atom. The minimum atomic E-state index is 0.0358. The van der Waals surface area contributed by atoms with E-state index in [1.54, 1.807) is 6.07 Å². The van der Waals surface area contributed by atoms with E-state index in [1.165, 1.54) is 5.56 Å². The van der Waals surface area contributed by atoms with Gasteiger partial charge in [0, 0.05) is 41.7 Å². The smallest absolute Gasteiger partial charge is 0.253 e. The van der Waals surface area contributed by atoms with Crippen LogP contribution in [0, 0.1) is 0 Å². The highest BCUT2D eigenvalue weighted by Crippen LogP contribution is 2.31. The highest BCUT2D eigenvalue weighted by atomic mass is 35.5. The predicted molar refractivity (Wildman–Crippen MR) is 93.5 cm³/mol. The van der Waals surface area contributed by atoms with E-state index in [4.69, 9.17) is 11.6 Å². The summed E-state index contributed by atoms with van der Waals surface area (Å²) < 4.78 is 0. The number of rotatable bonds is 2. The van der Waals surface area contributed by atoms with Gasteiger partial charge >= 0.3 is 0 Å². The zero-order chi connectivity index (χ0) is 16.7. The lowest BCUT2D eigenvalue weighted by Gasteiger charge is -2.39. The van der Waals surface area contributed by atoms with Crippen molar-refractivity contribution < 1.29 is 9.59 Å². The van der Waals surface area contributed by atoms with Crippen molar-refractivity contribution in [2.45, 2.75) is 18.8 Å². The summed E-state index contributed by atoms with van der Waals surface area (Å²) in [6.45, 7) is 1.43. The number of benzene rings is 2. The van der Waals surface area contributed by atoms with Crippen LogP contribution >= 0.6 is 11.6 Å². The molecule has 0 atom stereocenters. The number of likely N-dealkylation sites (tertiary alicyclic amines) is 1. The molecule has 1 fully saturated rings. The van der Waals surface area contributed by atoms with E-state index in [1.807, 2.05) is 35.2 Å². The van der Waals surface area contributed by atoms with Crippen LogP contribution in [0.25, 0.3) is 0 Å². The van der Waals surface area contributed by atoms with Crippen molar-refractivity contribution in [3.8, 4) is 0 Å². The van der Waals surface area contributed by atoms with Gasteiger partial charge < -0.3 is 10.2 Å². The van der Waals surface area contributed by atoms with E-state index in [2.05, 4.69) is 11.4 Å². The van der Waals surface area contributed by atoms with E-state index in [-0.39, 0.29) is 11.8 Å². The van der Waals surface area contributed by atoms with Crippen molar-refractivity contribution in [3.63, 3.8) is 0 Å². The number of nitrogens with zero attached hydrogens (tertiary/aromatic N) is 1. The first-order valence-electron chi connectivity index (χ1n) is 8.07. The Morgan fingerprint density at radius 2 is 1.96 bits per heavy atom. The van der Waals surface area contributed by atoms with Crippen molar-refractivity contribution in [1.82, 2.24) is 4.90 Å². The second-order valence-corrected chi connectivity index (χ2v) is 6.82. The number of anilines is 1. The summed E-state index contributed by atoms with van der Waals surface area (Å²) in [7, 11) is 0. The molecule has 0 radical (unpaired) electrons. The first-order chi connectivity index (χ1) is 11.6. The Morgan fingerprint density at radius 3 is 2.75 bits per heavy atom. The average molecular weight is 341 g/mol. The molecule has 0 aliphatic carbocycles. The summed E-state index contributed by atoms with van der Waals surface area (Å²) in [4.78, 5) is 25.9. The van der Waals surface area contributed by atoms with Gasteiger partial charge in [0.15, 0.2) is 0 Å². The molecule has 1 saturated heterocycles. The molecule has 2 aromatic carbocycles. The van der Waals surface area contributed by atoms with Crippen LogP contribution in [0.2, 0.25) is 5.02 Å². The molecule has 24 heavy (non-hydrogen) atoms. The third-order valence-electron chi connectivity index (χ3n) is 4.74. The number of aryl methyl sites for hydroxylation is 1. The zero-order valence-corrected chi connectivity index (χ0v) is 13.8. The third kappa shape index (κ3) is 2.78. The molecule has 0 unspecified atom stereocenters. The van der Waals surface area contributed by atoms with E-state index in [0.717, 1.165) is 16.3 Å². The third-order valence-corrected chi connectivity index (χ3v) is 4.97. The number of hydrogen-bond donors (Lipinski definition) is 1. The second kappa shape index (κ2) is 5.95. The molecule has 2 heterocycles. The van der Waals surface area contributed by atoms with Crippen LogP contribution in [-0.2, 0) is 11.2 Å². The molecule has 1 N–H and O–H groups in total. The number of hydrogen-bond acceptors (Lipinski definition) is 2. The van der Waals surface area contributed by atoms with Crippen molar-refractivity contribution >= 4 is 29.1 Å². The minimum absolute atomic E-state index is 0.0358. The monoisotopic (exact) mass is 340 g/mol. The molecule has 2 amide bonds. The van der Waals surface area contributed by atoms with E-state index in [9.17, 15) is 9.59 Å². The van der Waals surface area contributed by atoms with Gasteiger partial charge in [-0.3, -0.25) is 9.59 Å². The van der Waals surface area contributed by atoms with Crippen LogP contribution in [0.1, 0.15) is 33.8 Å². The number of amides is 2. The molecule has 2 aliphatic heterocycles. The van der Waals surface area contributed by atoms with Crippen molar-refractivity contribution in [1.29, 1.82) is 0 Å². The quantitative estimate of drug-likeness (QED) is 0.910. The maximum absolute atomic E-state index is 12.6. The fourth-order valence-electron chi connectivity index (χ4n) is 3.31. The second-order valence-electron chi connectivity index (χ2n) is 6.38. The Hall–Kier alpha value is -2.33. The SMILES string of the molecule is O=C1CCc2cc(C(=O)N3CC(c4cccc(Cl)c4)C3)ccc2N1. The molecule has 0 bridgehead atoms. The molecular weight excluding hydrogens is 324 g/mol. The molecule has 0 spiro atoms. The summed E-state index contributed by atoms with van der Waals surface area (Å²) >= 11 is 6.03. The lowest BCUT2D eigenvalue weighted by atomic mass is 9.90. The first-order valence-corrected chi connectivity index (χ1v) is 8.45. The molecule has 0 aromatic heterocycles. The van der Waals surface area contributed by atoms with Crippen LogP contribution in [0.15, 0.2) is 42.5 Å². The number of nitrogens with one attached hydrogen (secondary N) is 1. The van der Waals surface area contributed by atoms with Crippen LogP contribution in [0.3, 0.4) is 0 Å². The first kappa shape index (κ1) is 15.2. The molecule has 5 heteroatoms. The maximum atomic E-state index is 12.6. The Kier molecular flexibility index (Phi) is 3.77. The van der Waals surface area contributed by atoms with Gasteiger partial charge in [-0.2, -0.15) is 0 Å². The van der Waals surface area contributed by atoms with Gasteiger partial charge in [0.05, 0.1) is 0 Å². The standard InChI is InChI=1S/C19H17ClN2O2/c20-16-3-1-2-12(9-16)15-10-22(11-15)19(24)14-4-6-17-13(8-14)5-7-18(23)21-17/h1-4,6,8-9,15H,5,7,10-11H2,(H,21,23). The number of carbonyl (C=O) groups excluding carboxylic acids is 2. The van der Waals surface area contributed by atoms with Gasteiger partial charge in [-0.1, -0.05) is 23.7 Å². The molecule has 122 valence electrons. The fourth-order valence-corrected chi connectivity index (χ4v) is 3.51. The molecule has 0 saturated carbocycles. The molecular formula is C19H17ClN2O2. The van der Waals surface area contributed by atoms with Gasteiger partial charge in [0.1, 0.15) is 0 Å². The minimum Gasteiger partial charge on any atom is -0.337 e. The normalized spacial score (nSPS) is 17.0. The average Bonchev–Trinajstić information content (AvgIpc) is 2.53. The Balaban J connectivity index is 1.45. The van der Waals surface area contributed by atoms with Crippen LogP contribution in [0.5, 0.6) is 0 Å². The van der Waals surface area contributed by atoms with Crippen molar-refractivity contribution in [3.05, 3.63) is 64.2 Å². The summed E-state index contributed by atoms with van der Waals surface area (Å²) in [6.07, 6.45) is 1.17. The maximum Gasteiger partial charge on any atom is 0.253 e. The highest BCUT2D eigenvalue weighted by molar-refractivity contribution is 6.30. The fraction of sp³-hybridized carbons (Fsp3) is 0.263. The Labute approximate surface area is 145 Å². The summed E-state index contributed by atoms with van der Waals surface area (Å²) in [6, 6.07) is 13.4. The topological polar surface area (TPSA) is 49.4 Å². The predicted octanol–water partition coefficient (Wildman–Crippen LogP) is 3.46. The lowest BCUT2D eigenvalue weighted by Crippen LogP contribution is -2.48. The van der Waals surface area contributed by atoms with Crippen LogP contribution < -0.4 is 5.32 Å². The van der Waals surface area contributed by atoms with Gasteiger partial charge in [-0.05, 0) is 47.9 Å². The molecule has 4 rings (SSSR count). The number of fused-ring (bicyclic) bond motifs is 1. The number of carbonyl (C=O) groups is 2. The highest BCUT2D eigenvalue weighted by Gasteiger charge is 2.32. The summed E-state index contributed by atoms with van der Waals surface area (Å²) in [5, 5.41) is 3.57. The largest absolute Gasteiger partial charge is 0.337 e. The van der Waals surface area contributed by atoms with Crippen LogP contribution in [-0.4, -0.2) is 29.8 Å².